The maximum absolute atomic E-state index is 12.8. The summed E-state index contributed by atoms with van der Waals surface area (Å²) in [6.45, 7) is 0. The van der Waals surface area contributed by atoms with Crippen molar-refractivity contribution in [1.82, 2.24) is 14.1 Å². The predicted molar refractivity (Wildman–Crippen MR) is 134 cm³/mol. The highest BCUT2D eigenvalue weighted by molar-refractivity contribution is 5.95. The number of rotatable bonds is 1. The first-order valence-corrected chi connectivity index (χ1v) is 11.5. The molecular weight excluding hydrogens is 422 g/mol. The Bertz CT molecular complexity index is 1630. The molecule has 0 amide bonds. The van der Waals surface area contributed by atoms with E-state index in [9.17, 15) is 9.90 Å². The van der Waals surface area contributed by atoms with Gasteiger partial charge in [-0.2, -0.15) is 0 Å². The SMILES string of the molecule is Cn1cncc1C1(O)c2cccc(c2)CCc2cccc(c2)-c2cc(=O)n(C)c3ccc1cc23. The van der Waals surface area contributed by atoms with Crippen molar-refractivity contribution in [3.05, 3.63) is 124 Å². The van der Waals surface area contributed by atoms with Crippen LogP contribution in [-0.2, 0) is 32.5 Å². The Morgan fingerprint density at radius 1 is 0.882 bits per heavy atom. The molecule has 5 heteroatoms. The van der Waals surface area contributed by atoms with Crippen LogP contribution in [0.25, 0.3) is 22.0 Å². The highest BCUT2D eigenvalue weighted by atomic mass is 16.3. The summed E-state index contributed by atoms with van der Waals surface area (Å²) in [5.41, 5.74) is 5.84. The smallest absolute Gasteiger partial charge is 0.251 e. The topological polar surface area (TPSA) is 60.0 Å². The fourth-order valence-corrected chi connectivity index (χ4v) is 5.23. The first-order chi connectivity index (χ1) is 16.4. The van der Waals surface area contributed by atoms with E-state index < -0.39 is 5.60 Å². The standard InChI is InChI=1S/C29H25N3O2/c1-31-18-30-17-27(31)29(34)22-8-4-6-20(14-22)10-9-19-5-3-7-21(13-19)24-16-28(33)32(2)26-12-11-23(29)15-25(24)26/h3-8,11-18,34H,9-10H2,1-2H3. The molecule has 0 radical (unpaired) electrons. The van der Waals surface area contributed by atoms with Crippen LogP contribution in [0.2, 0.25) is 0 Å². The van der Waals surface area contributed by atoms with Crippen molar-refractivity contribution >= 4 is 10.9 Å². The van der Waals surface area contributed by atoms with Gasteiger partial charge in [0.15, 0.2) is 5.60 Å². The number of fused-ring (bicyclic) bond motifs is 6. The van der Waals surface area contributed by atoms with E-state index in [1.54, 1.807) is 30.2 Å². The van der Waals surface area contributed by atoms with Crippen LogP contribution in [0.3, 0.4) is 0 Å². The summed E-state index contributed by atoms with van der Waals surface area (Å²) in [6.07, 6.45) is 5.15. The molecule has 1 atom stereocenters. The van der Waals surface area contributed by atoms with Gasteiger partial charge in [0, 0.05) is 25.5 Å². The monoisotopic (exact) mass is 447 g/mol. The van der Waals surface area contributed by atoms with E-state index in [-0.39, 0.29) is 5.56 Å². The number of aryl methyl sites for hydroxylation is 4. The van der Waals surface area contributed by atoms with Gasteiger partial charge in [-0.1, -0.05) is 54.6 Å². The van der Waals surface area contributed by atoms with Crippen LogP contribution in [0.5, 0.6) is 0 Å². The lowest BCUT2D eigenvalue weighted by atomic mass is 9.82. The van der Waals surface area contributed by atoms with Crippen molar-refractivity contribution in [2.24, 2.45) is 14.1 Å². The molecule has 1 unspecified atom stereocenters. The molecule has 1 N–H and O–H groups in total. The van der Waals surface area contributed by atoms with Crippen molar-refractivity contribution in [2.75, 3.05) is 0 Å². The maximum atomic E-state index is 12.8. The number of aromatic nitrogens is 3. The zero-order valence-electron chi connectivity index (χ0n) is 19.2. The van der Waals surface area contributed by atoms with Gasteiger partial charge in [-0.15, -0.1) is 0 Å². The number of hydrogen-bond acceptors (Lipinski definition) is 3. The molecule has 168 valence electrons. The van der Waals surface area contributed by atoms with Crippen LogP contribution in [0, 0.1) is 0 Å². The van der Waals surface area contributed by atoms with Crippen LogP contribution in [0.1, 0.15) is 27.9 Å². The summed E-state index contributed by atoms with van der Waals surface area (Å²) in [7, 11) is 3.68. The zero-order chi connectivity index (χ0) is 23.4. The average Bonchev–Trinajstić information content (AvgIpc) is 3.30. The third kappa shape index (κ3) is 3.05. The second-order valence-corrected chi connectivity index (χ2v) is 9.19. The van der Waals surface area contributed by atoms with E-state index in [1.807, 2.05) is 41.9 Å². The summed E-state index contributed by atoms with van der Waals surface area (Å²) in [4.78, 5) is 17.1. The number of benzene rings is 3. The molecule has 1 aliphatic carbocycles. The molecule has 2 heterocycles. The number of pyridine rings is 1. The number of imidazole rings is 1. The summed E-state index contributed by atoms with van der Waals surface area (Å²) >= 11 is 0. The minimum absolute atomic E-state index is 0.0569. The molecular formula is C29H25N3O2. The Kier molecular flexibility index (Phi) is 4.57. The molecule has 0 saturated heterocycles. The number of hydrogen-bond donors (Lipinski definition) is 1. The van der Waals surface area contributed by atoms with Crippen molar-refractivity contribution < 1.29 is 5.11 Å². The van der Waals surface area contributed by atoms with Gasteiger partial charge in [0.2, 0.25) is 0 Å². The van der Waals surface area contributed by atoms with Gasteiger partial charge in [-0.25, -0.2) is 4.98 Å². The lowest BCUT2D eigenvalue weighted by Crippen LogP contribution is -2.31. The fourth-order valence-electron chi connectivity index (χ4n) is 5.23. The van der Waals surface area contributed by atoms with E-state index in [2.05, 4.69) is 41.4 Å². The molecule has 2 aromatic heterocycles. The fraction of sp³-hybridized carbons (Fsp3) is 0.172. The lowest BCUT2D eigenvalue weighted by Gasteiger charge is -2.30. The van der Waals surface area contributed by atoms with Crippen LogP contribution >= 0.6 is 0 Å². The van der Waals surface area contributed by atoms with Gasteiger partial charge >= 0.3 is 0 Å². The minimum atomic E-state index is -1.41. The van der Waals surface area contributed by atoms with Gasteiger partial charge in [-0.05, 0) is 58.4 Å². The van der Waals surface area contributed by atoms with Gasteiger partial charge in [-0.3, -0.25) is 4.79 Å². The zero-order valence-corrected chi connectivity index (χ0v) is 19.2. The van der Waals surface area contributed by atoms with Crippen LogP contribution in [0.15, 0.2) is 90.1 Å². The summed E-state index contributed by atoms with van der Waals surface area (Å²) in [5, 5.41) is 13.4. The minimum Gasteiger partial charge on any atom is -0.374 e. The van der Waals surface area contributed by atoms with Gasteiger partial charge < -0.3 is 14.2 Å². The Balaban J connectivity index is 1.76. The molecule has 6 bridgehead atoms. The lowest BCUT2D eigenvalue weighted by molar-refractivity contribution is 0.117. The third-order valence-corrected chi connectivity index (χ3v) is 7.14. The molecule has 5 aromatic rings. The molecule has 34 heavy (non-hydrogen) atoms. The largest absolute Gasteiger partial charge is 0.374 e. The molecule has 5 nitrogen and oxygen atoms in total. The third-order valence-electron chi connectivity index (χ3n) is 7.14. The molecule has 3 aromatic carbocycles. The van der Waals surface area contributed by atoms with Gasteiger partial charge in [0.1, 0.15) is 0 Å². The Labute approximate surface area is 197 Å². The number of nitrogens with zero attached hydrogens (tertiary/aromatic N) is 3. The quantitative estimate of drug-likeness (QED) is 0.416. The van der Waals surface area contributed by atoms with Crippen molar-refractivity contribution in [1.29, 1.82) is 0 Å². The summed E-state index contributed by atoms with van der Waals surface area (Å²) in [5.74, 6) is 0. The van der Waals surface area contributed by atoms with E-state index in [0.717, 1.165) is 51.6 Å². The normalized spacial score (nSPS) is 17.3. The van der Waals surface area contributed by atoms with Gasteiger partial charge in [0.25, 0.3) is 5.56 Å². The van der Waals surface area contributed by atoms with E-state index in [0.29, 0.717) is 5.69 Å². The second-order valence-electron chi connectivity index (χ2n) is 9.19. The van der Waals surface area contributed by atoms with E-state index >= 15 is 0 Å². The van der Waals surface area contributed by atoms with E-state index in [1.165, 1.54) is 5.56 Å². The second kappa shape index (κ2) is 7.54. The predicted octanol–water partition coefficient (Wildman–Crippen LogP) is 4.32. The van der Waals surface area contributed by atoms with Crippen molar-refractivity contribution in [2.45, 2.75) is 18.4 Å². The molecule has 6 rings (SSSR count). The highest BCUT2D eigenvalue weighted by Gasteiger charge is 2.37. The van der Waals surface area contributed by atoms with Gasteiger partial charge in [0.05, 0.1) is 23.7 Å². The Morgan fingerprint density at radius 3 is 2.38 bits per heavy atom. The molecule has 0 saturated carbocycles. The van der Waals surface area contributed by atoms with Crippen molar-refractivity contribution in [3.8, 4) is 11.1 Å². The molecule has 1 aliphatic rings. The van der Waals surface area contributed by atoms with Crippen LogP contribution in [0.4, 0.5) is 0 Å². The Morgan fingerprint density at radius 2 is 1.62 bits per heavy atom. The maximum Gasteiger partial charge on any atom is 0.251 e. The van der Waals surface area contributed by atoms with Crippen LogP contribution < -0.4 is 5.56 Å². The Hall–Kier alpha value is -3.96. The summed E-state index contributed by atoms with van der Waals surface area (Å²) < 4.78 is 3.52. The molecule has 0 spiro atoms. The molecule has 0 fully saturated rings. The first kappa shape index (κ1) is 20.6. The number of aliphatic hydroxyl groups is 1. The molecule has 0 aliphatic heterocycles. The van der Waals surface area contributed by atoms with Crippen molar-refractivity contribution in [3.63, 3.8) is 0 Å². The first-order valence-electron chi connectivity index (χ1n) is 11.5. The average molecular weight is 448 g/mol. The summed E-state index contributed by atoms with van der Waals surface area (Å²) in [6, 6.07) is 24.2. The van der Waals surface area contributed by atoms with E-state index in [4.69, 9.17) is 0 Å². The highest BCUT2D eigenvalue weighted by Crippen LogP contribution is 2.39. The van der Waals surface area contributed by atoms with Crippen LogP contribution in [-0.4, -0.2) is 19.2 Å².